The number of benzene rings is 1. The molecule has 0 saturated heterocycles. The smallest absolute Gasteiger partial charge is 0.354 e. The van der Waals surface area contributed by atoms with E-state index in [9.17, 15) is 14.4 Å². The Kier molecular flexibility index (Phi) is 7.10. The van der Waals surface area contributed by atoms with Crippen LogP contribution in [0.3, 0.4) is 0 Å². The van der Waals surface area contributed by atoms with E-state index < -0.39 is 5.97 Å². The minimum absolute atomic E-state index is 0.0351. The van der Waals surface area contributed by atoms with Crippen LogP contribution in [0.4, 0.5) is 0 Å². The first-order valence-corrected chi connectivity index (χ1v) is 8.72. The molecule has 1 N–H and O–H groups in total. The second kappa shape index (κ2) is 9.54. The summed E-state index contributed by atoms with van der Waals surface area (Å²) in [6.45, 7) is 1.44. The molecule has 0 aliphatic rings. The number of ketones is 1. The lowest BCUT2D eigenvalue weighted by molar-refractivity contribution is -0.140. The fourth-order valence-electron chi connectivity index (χ4n) is 2.09. The Balaban J connectivity index is 1.88. The molecule has 1 aromatic carbocycles. The number of nitrogens with one attached hydrogen (secondary N) is 1. The van der Waals surface area contributed by atoms with Crippen LogP contribution in [0.15, 0.2) is 53.5 Å². The molecular weight excluding hydrogens is 338 g/mol. The molecule has 25 heavy (non-hydrogen) atoms. The van der Waals surface area contributed by atoms with Gasteiger partial charge in [-0.1, -0.05) is 36.4 Å². The predicted molar refractivity (Wildman–Crippen MR) is 97.1 cm³/mol. The molecule has 1 aromatic heterocycles. The third kappa shape index (κ3) is 6.35. The standard InChI is InChI=1S/C19H19NO4S/c1-14(21)20-16(13-15-7-3-2-4-8-15)19(23)24-11-5-9-17(22)18-10-6-12-25-18/h2-4,6-8,10,12-13H,5,9,11H2,1H3,(H,20,21). The molecule has 0 atom stereocenters. The van der Waals surface area contributed by atoms with Crippen molar-refractivity contribution in [2.45, 2.75) is 19.8 Å². The molecule has 0 saturated carbocycles. The zero-order chi connectivity index (χ0) is 18.1. The summed E-state index contributed by atoms with van der Waals surface area (Å²) in [4.78, 5) is 36.0. The Hall–Kier alpha value is -2.73. The van der Waals surface area contributed by atoms with Gasteiger partial charge in [-0.15, -0.1) is 11.3 Å². The maximum absolute atomic E-state index is 12.2. The van der Waals surface area contributed by atoms with E-state index >= 15 is 0 Å². The van der Waals surface area contributed by atoms with Crippen LogP contribution in [0.2, 0.25) is 0 Å². The highest BCUT2D eigenvalue weighted by molar-refractivity contribution is 7.12. The molecule has 1 heterocycles. The summed E-state index contributed by atoms with van der Waals surface area (Å²) in [5, 5.41) is 4.33. The lowest BCUT2D eigenvalue weighted by Gasteiger charge is -2.09. The van der Waals surface area contributed by atoms with Gasteiger partial charge in [0, 0.05) is 13.3 Å². The fourth-order valence-corrected chi connectivity index (χ4v) is 2.78. The van der Waals surface area contributed by atoms with Gasteiger partial charge in [0.2, 0.25) is 5.91 Å². The second-order valence-electron chi connectivity index (χ2n) is 5.29. The summed E-state index contributed by atoms with van der Waals surface area (Å²) in [6, 6.07) is 12.8. The summed E-state index contributed by atoms with van der Waals surface area (Å²) in [5.41, 5.74) is 0.847. The lowest BCUT2D eigenvalue weighted by atomic mass is 10.2. The number of rotatable bonds is 8. The van der Waals surface area contributed by atoms with Crippen LogP contribution in [-0.2, 0) is 14.3 Å². The first-order valence-electron chi connectivity index (χ1n) is 7.84. The third-order valence-corrected chi connectivity index (χ3v) is 4.13. The molecule has 0 radical (unpaired) electrons. The van der Waals surface area contributed by atoms with E-state index in [-0.39, 0.29) is 24.0 Å². The largest absolute Gasteiger partial charge is 0.461 e. The first-order chi connectivity index (χ1) is 12.1. The zero-order valence-electron chi connectivity index (χ0n) is 13.9. The number of carbonyl (C=O) groups excluding carboxylic acids is 3. The lowest BCUT2D eigenvalue weighted by Crippen LogP contribution is -2.26. The summed E-state index contributed by atoms with van der Waals surface area (Å²) in [6.07, 6.45) is 2.30. The van der Waals surface area contributed by atoms with Gasteiger partial charge in [-0.05, 0) is 29.5 Å². The van der Waals surface area contributed by atoms with Gasteiger partial charge in [-0.2, -0.15) is 0 Å². The molecule has 0 spiro atoms. The van der Waals surface area contributed by atoms with E-state index in [1.807, 2.05) is 41.8 Å². The minimum Gasteiger partial charge on any atom is -0.461 e. The third-order valence-electron chi connectivity index (χ3n) is 3.22. The average Bonchev–Trinajstić information content (AvgIpc) is 3.13. The van der Waals surface area contributed by atoms with Crippen molar-refractivity contribution >= 4 is 35.1 Å². The number of Topliss-reactive ketones (excluding diaryl/α,β-unsaturated/α-hetero) is 1. The van der Waals surface area contributed by atoms with Gasteiger partial charge < -0.3 is 10.1 Å². The van der Waals surface area contributed by atoms with Crippen LogP contribution < -0.4 is 5.32 Å². The summed E-state index contributed by atoms with van der Waals surface area (Å²) < 4.78 is 5.17. The van der Waals surface area contributed by atoms with Crippen molar-refractivity contribution in [1.82, 2.24) is 5.32 Å². The number of esters is 1. The summed E-state index contributed by atoms with van der Waals surface area (Å²) in [5.74, 6) is -0.942. The van der Waals surface area contributed by atoms with Crippen LogP contribution in [0.1, 0.15) is 35.0 Å². The number of ether oxygens (including phenoxy) is 1. The number of amides is 1. The molecule has 0 aliphatic heterocycles. The van der Waals surface area contributed by atoms with Gasteiger partial charge in [0.1, 0.15) is 5.70 Å². The van der Waals surface area contributed by atoms with E-state index in [2.05, 4.69) is 5.32 Å². The van der Waals surface area contributed by atoms with Gasteiger partial charge in [0.05, 0.1) is 11.5 Å². The molecule has 0 fully saturated rings. The van der Waals surface area contributed by atoms with Crippen LogP contribution >= 0.6 is 11.3 Å². The van der Waals surface area contributed by atoms with E-state index in [1.165, 1.54) is 18.3 Å². The number of thiophene rings is 1. The Labute approximate surface area is 150 Å². The predicted octanol–water partition coefficient (Wildman–Crippen LogP) is 3.43. The first kappa shape index (κ1) is 18.6. The van der Waals surface area contributed by atoms with E-state index in [0.717, 1.165) is 5.56 Å². The Morgan fingerprint density at radius 1 is 1.12 bits per heavy atom. The van der Waals surface area contributed by atoms with Crippen LogP contribution in [-0.4, -0.2) is 24.3 Å². The monoisotopic (exact) mass is 357 g/mol. The second-order valence-corrected chi connectivity index (χ2v) is 6.24. The van der Waals surface area contributed by atoms with Gasteiger partial charge in [0.15, 0.2) is 5.78 Å². The van der Waals surface area contributed by atoms with Crippen molar-refractivity contribution in [2.24, 2.45) is 0 Å². The highest BCUT2D eigenvalue weighted by Crippen LogP contribution is 2.12. The number of hydrogen-bond acceptors (Lipinski definition) is 5. The molecule has 5 nitrogen and oxygen atoms in total. The van der Waals surface area contributed by atoms with Crippen molar-refractivity contribution in [3.8, 4) is 0 Å². The maximum Gasteiger partial charge on any atom is 0.354 e. The van der Waals surface area contributed by atoms with E-state index in [4.69, 9.17) is 4.74 Å². The highest BCUT2D eigenvalue weighted by atomic mass is 32.1. The molecule has 6 heteroatoms. The Morgan fingerprint density at radius 2 is 1.88 bits per heavy atom. The Bertz CT molecular complexity index is 751. The van der Waals surface area contributed by atoms with E-state index in [0.29, 0.717) is 17.7 Å². The van der Waals surface area contributed by atoms with Crippen molar-refractivity contribution in [3.63, 3.8) is 0 Å². The quantitative estimate of drug-likeness (QED) is 0.340. The summed E-state index contributed by atoms with van der Waals surface area (Å²) >= 11 is 1.39. The highest BCUT2D eigenvalue weighted by Gasteiger charge is 2.13. The van der Waals surface area contributed by atoms with Crippen molar-refractivity contribution in [3.05, 3.63) is 64.0 Å². The molecule has 0 aliphatic carbocycles. The van der Waals surface area contributed by atoms with Gasteiger partial charge in [0.25, 0.3) is 0 Å². The van der Waals surface area contributed by atoms with Crippen molar-refractivity contribution in [2.75, 3.05) is 6.61 Å². The van der Waals surface area contributed by atoms with Crippen LogP contribution in [0, 0.1) is 0 Å². The number of hydrogen-bond donors (Lipinski definition) is 1. The summed E-state index contributed by atoms with van der Waals surface area (Å²) in [7, 11) is 0. The van der Waals surface area contributed by atoms with Gasteiger partial charge in [-0.3, -0.25) is 9.59 Å². The fraction of sp³-hybridized carbons (Fsp3) is 0.211. The van der Waals surface area contributed by atoms with Gasteiger partial charge >= 0.3 is 5.97 Å². The Morgan fingerprint density at radius 3 is 2.52 bits per heavy atom. The normalized spacial score (nSPS) is 11.0. The van der Waals surface area contributed by atoms with Gasteiger partial charge in [-0.25, -0.2) is 4.79 Å². The minimum atomic E-state index is -0.623. The van der Waals surface area contributed by atoms with Crippen LogP contribution in [0.5, 0.6) is 0 Å². The molecular formula is C19H19NO4S. The molecule has 130 valence electrons. The van der Waals surface area contributed by atoms with Crippen molar-refractivity contribution in [1.29, 1.82) is 0 Å². The topological polar surface area (TPSA) is 72.5 Å². The molecule has 0 bridgehead atoms. The molecule has 2 rings (SSSR count). The average molecular weight is 357 g/mol. The van der Waals surface area contributed by atoms with Crippen molar-refractivity contribution < 1.29 is 19.1 Å². The SMILES string of the molecule is CC(=O)NC(=Cc1ccccc1)C(=O)OCCCC(=O)c1cccs1. The number of carbonyl (C=O) groups is 3. The zero-order valence-corrected chi connectivity index (χ0v) is 14.7. The molecule has 2 aromatic rings. The van der Waals surface area contributed by atoms with E-state index in [1.54, 1.807) is 12.1 Å². The van der Waals surface area contributed by atoms with Crippen LogP contribution in [0.25, 0.3) is 6.08 Å². The molecule has 1 amide bonds. The maximum atomic E-state index is 12.2. The molecule has 0 unspecified atom stereocenters.